The minimum absolute atomic E-state index is 0.328. The lowest BCUT2D eigenvalue weighted by atomic mass is 9.69. The van der Waals surface area contributed by atoms with Crippen molar-refractivity contribution < 1.29 is 0 Å². The fourth-order valence-corrected chi connectivity index (χ4v) is 3.91. The second-order valence-corrected chi connectivity index (χ2v) is 5.95. The van der Waals surface area contributed by atoms with Crippen LogP contribution in [0.1, 0.15) is 52.2 Å². The van der Waals surface area contributed by atoms with Crippen molar-refractivity contribution in [2.75, 3.05) is 0 Å². The van der Waals surface area contributed by atoms with Crippen molar-refractivity contribution >= 4 is 0 Å². The van der Waals surface area contributed by atoms with Crippen LogP contribution in [0.25, 0.3) is 0 Å². The number of fused-ring (bicyclic) bond motifs is 1. The fraction of sp³-hybridized carbons (Fsp3) is 0.600. The topological polar surface area (TPSA) is 0 Å². The first-order valence-corrected chi connectivity index (χ1v) is 6.02. The van der Waals surface area contributed by atoms with Crippen molar-refractivity contribution in [3.8, 4) is 0 Å². The Morgan fingerprint density at radius 1 is 0.933 bits per heavy atom. The Morgan fingerprint density at radius 2 is 1.33 bits per heavy atom. The van der Waals surface area contributed by atoms with Gasteiger partial charge in [0.15, 0.2) is 0 Å². The third kappa shape index (κ3) is 1.27. The van der Waals surface area contributed by atoms with E-state index < -0.39 is 0 Å². The molecule has 15 heavy (non-hydrogen) atoms. The molecule has 0 bridgehead atoms. The molecule has 0 saturated carbocycles. The van der Waals surface area contributed by atoms with E-state index in [1.807, 2.05) is 0 Å². The SMILES string of the molecule is CCC1C(C)(C)c2ccccc2C1(C)C. The fourth-order valence-electron chi connectivity index (χ4n) is 3.91. The maximum absolute atomic E-state index is 2.40. The zero-order valence-corrected chi connectivity index (χ0v) is 10.6. The van der Waals surface area contributed by atoms with E-state index >= 15 is 0 Å². The van der Waals surface area contributed by atoms with Gasteiger partial charge in [-0.1, -0.05) is 65.3 Å². The van der Waals surface area contributed by atoms with E-state index in [1.54, 1.807) is 11.1 Å². The summed E-state index contributed by atoms with van der Waals surface area (Å²) < 4.78 is 0. The Balaban J connectivity index is 2.65. The van der Waals surface area contributed by atoms with Gasteiger partial charge in [0, 0.05) is 0 Å². The highest BCUT2D eigenvalue weighted by Crippen LogP contribution is 2.54. The van der Waals surface area contributed by atoms with Crippen molar-refractivity contribution in [2.24, 2.45) is 5.92 Å². The largest absolute Gasteiger partial charge is 0.0651 e. The molecule has 0 aliphatic heterocycles. The second-order valence-electron chi connectivity index (χ2n) is 5.95. The van der Waals surface area contributed by atoms with Gasteiger partial charge < -0.3 is 0 Å². The molecule has 0 amide bonds. The van der Waals surface area contributed by atoms with Crippen LogP contribution in [0, 0.1) is 5.92 Å². The van der Waals surface area contributed by atoms with Crippen LogP contribution >= 0.6 is 0 Å². The van der Waals surface area contributed by atoms with E-state index in [2.05, 4.69) is 58.9 Å². The molecule has 82 valence electrons. The van der Waals surface area contributed by atoms with E-state index in [1.165, 1.54) is 6.42 Å². The molecular formula is C15H22. The predicted molar refractivity (Wildman–Crippen MR) is 66.3 cm³/mol. The number of rotatable bonds is 1. The highest BCUT2D eigenvalue weighted by atomic mass is 14.5. The summed E-state index contributed by atoms with van der Waals surface area (Å²) in [5.41, 5.74) is 3.77. The minimum atomic E-state index is 0.328. The van der Waals surface area contributed by atoms with Crippen molar-refractivity contribution in [1.82, 2.24) is 0 Å². The Labute approximate surface area is 93.7 Å². The number of hydrogen-bond donors (Lipinski definition) is 0. The highest BCUT2D eigenvalue weighted by molar-refractivity contribution is 5.45. The van der Waals surface area contributed by atoms with Crippen molar-refractivity contribution in [3.63, 3.8) is 0 Å². The molecule has 1 aromatic rings. The van der Waals surface area contributed by atoms with E-state index in [4.69, 9.17) is 0 Å². The summed E-state index contributed by atoms with van der Waals surface area (Å²) in [7, 11) is 0. The standard InChI is InChI=1S/C15H22/c1-6-13-14(2,3)11-9-7-8-10-12(11)15(13,4)5/h7-10,13H,6H2,1-5H3. The summed E-state index contributed by atoms with van der Waals surface area (Å²) >= 11 is 0. The monoisotopic (exact) mass is 202 g/mol. The summed E-state index contributed by atoms with van der Waals surface area (Å²) in [6.45, 7) is 11.9. The Bertz CT molecular complexity index is 336. The maximum Gasteiger partial charge on any atom is -0.00642 e. The van der Waals surface area contributed by atoms with Gasteiger partial charge in [-0.25, -0.2) is 0 Å². The van der Waals surface area contributed by atoms with E-state index in [0.29, 0.717) is 10.8 Å². The lowest BCUT2D eigenvalue weighted by Gasteiger charge is -2.35. The minimum Gasteiger partial charge on any atom is -0.0651 e. The van der Waals surface area contributed by atoms with Gasteiger partial charge in [0.05, 0.1) is 0 Å². The van der Waals surface area contributed by atoms with Gasteiger partial charge in [-0.2, -0.15) is 0 Å². The van der Waals surface area contributed by atoms with Gasteiger partial charge >= 0.3 is 0 Å². The summed E-state index contributed by atoms with van der Waals surface area (Å²) in [5, 5.41) is 0. The lowest BCUT2D eigenvalue weighted by molar-refractivity contribution is 0.232. The Hall–Kier alpha value is -0.780. The van der Waals surface area contributed by atoms with Crippen molar-refractivity contribution in [1.29, 1.82) is 0 Å². The molecule has 1 aromatic carbocycles. The molecule has 1 aliphatic rings. The van der Waals surface area contributed by atoms with Crippen LogP contribution in [0.4, 0.5) is 0 Å². The molecule has 0 heteroatoms. The molecule has 0 atom stereocenters. The number of hydrogen-bond acceptors (Lipinski definition) is 0. The lowest BCUT2D eigenvalue weighted by Crippen LogP contribution is -2.33. The molecule has 0 saturated heterocycles. The molecule has 0 nitrogen and oxygen atoms in total. The zero-order chi connectivity index (χ0) is 11.3. The van der Waals surface area contributed by atoms with E-state index in [-0.39, 0.29) is 0 Å². The quantitative estimate of drug-likeness (QED) is 0.637. The van der Waals surface area contributed by atoms with E-state index in [0.717, 1.165) is 5.92 Å². The highest BCUT2D eigenvalue weighted by Gasteiger charge is 2.49. The first-order valence-electron chi connectivity index (χ1n) is 6.02. The molecule has 0 N–H and O–H groups in total. The third-order valence-corrected chi connectivity index (χ3v) is 4.47. The summed E-state index contributed by atoms with van der Waals surface area (Å²) in [4.78, 5) is 0. The van der Waals surface area contributed by atoms with Crippen LogP contribution in [0.3, 0.4) is 0 Å². The average molecular weight is 202 g/mol. The average Bonchev–Trinajstić information content (AvgIpc) is 2.32. The van der Waals surface area contributed by atoms with Gasteiger partial charge in [-0.3, -0.25) is 0 Å². The molecule has 0 radical (unpaired) electrons. The third-order valence-electron chi connectivity index (χ3n) is 4.47. The molecule has 0 fully saturated rings. The van der Waals surface area contributed by atoms with Crippen LogP contribution in [0.5, 0.6) is 0 Å². The molecule has 2 rings (SSSR count). The van der Waals surface area contributed by atoms with Crippen molar-refractivity contribution in [2.45, 2.75) is 51.9 Å². The molecule has 1 aliphatic carbocycles. The van der Waals surface area contributed by atoms with Gasteiger partial charge in [-0.05, 0) is 27.9 Å². The van der Waals surface area contributed by atoms with Gasteiger partial charge in [0.2, 0.25) is 0 Å². The molecule has 0 aromatic heterocycles. The summed E-state index contributed by atoms with van der Waals surface area (Å²) in [6.07, 6.45) is 1.26. The normalized spacial score (nSPS) is 22.7. The summed E-state index contributed by atoms with van der Waals surface area (Å²) in [6, 6.07) is 8.98. The second kappa shape index (κ2) is 3.10. The predicted octanol–water partition coefficient (Wildman–Crippen LogP) is 4.28. The summed E-state index contributed by atoms with van der Waals surface area (Å²) in [5.74, 6) is 0.752. The zero-order valence-electron chi connectivity index (χ0n) is 10.6. The van der Waals surface area contributed by atoms with Crippen LogP contribution in [-0.4, -0.2) is 0 Å². The van der Waals surface area contributed by atoms with Crippen LogP contribution in [0.2, 0.25) is 0 Å². The first-order chi connectivity index (χ1) is 6.92. The first kappa shape index (κ1) is 10.7. The molecule has 0 heterocycles. The van der Waals surface area contributed by atoms with Crippen LogP contribution in [0.15, 0.2) is 24.3 Å². The van der Waals surface area contributed by atoms with Gasteiger partial charge in [0.1, 0.15) is 0 Å². The van der Waals surface area contributed by atoms with Gasteiger partial charge in [-0.15, -0.1) is 0 Å². The van der Waals surface area contributed by atoms with Crippen LogP contribution < -0.4 is 0 Å². The number of benzene rings is 1. The Morgan fingerprint density at radius 3 is 1.67 bits per heavy atom. The molecular weight excluding hydrogens is 180 g/mol. The molecule has 0 unspecified atom stereocenters. The Kier molecular flexibility index (Phi) is 2.22. The van der Waals surface area contributed by atoms with Crippen LogP contribution in [-0.2, 0) is 10.8 Å². The molecule has 0 spiro atoms. The van der Waals surface area contributed by atoms with E-state index in [9.17, 15) is 0 Å². The van der Waals surface area contributed by atoms with Gasteiger partial charge in [0.25, 0.3) is 0 Å². The van der Waals surface area contributed by atoms with Crippen molar-refractivity contribution in [3.05, 3.63) is 35.4 Å². The maximum atomic E-state index is 2.40. The smallest absolute Gasteiger partial charge is 0.00642 e.